The Morgan fingerprint density at radius 2 is 1.93 bits per heavy atom. The average molecular weight is 302 g/mol. The number of alkyl halides is 3. The first kappa shape index (κ1) is 12.3. The minimum absolute atomic E-state index is 0.107. The Kier molecular flexibility index (Phi) is 3.30. The van der Waals surface area contributed by atoms with E-state index in [9.17, 15) is 18.0 Å². The molecule has 0 unspecified atom stereocenters. The summed E-state index contributed by atoms with van der Waals surface area (Å²) in [6.07, 6.45) is -4.66. The van der Waals surface area contributed by atoms with Crippen molar-refractivity contribution in [2.24, 2.45) is 0 Å². The van der Waals surface area contributed by atoms with E-state index >= 15 is 0 Å². The highest BCUT2D eigenvalue weighted by Gasteiger charge is 2.35. The fraction of sp³-hybridized carbons (Fsp3) is 0.125. The Labute approximate surface area is 96.3 Å². The van der Waals surface area contributed by atoms with E-state index in [4.69, 9.17) is 17.3 Å². The van der Waals surface area contributed by atoms with Crippen molar-refractivity contribution in [3.05, 3.63) is 27.7 Å². The summed E-state index contributed by atoms with van der Waals surface area (Å²) in [6, 6.07) is 1.62. The van der Waals surface area contributed by atoms with Crippen LogP contribution < -0.4 is 5.73 Å². The van der Waals surface area contributed by atoms with Crippen molar-refractivity contribution in [3.63, 3.8) is 0 Å². The molecule has 7 heteroatoms. The predicted octanol–water partition coefficient (Wildman–Crippen LogP) is 3.43. The zero-order chi connectivity index (χ0) is 11.8. The highest BCUT2D eigenvalue weighted by molar-refractivity contribution is 9.10. The molecular weight excluding hydrogens is 298 g/mol. The maximum atomic E-state index is 12.4. The van der Waals surface area contributed by atoms with Crippen LogP contribution in [0.1, 0.15) is 15.9 Å². The summed E-state index contributed by atoms with van der Waals surface area (Å²) in [5.41, 5.74) is 3.42. The molecule has 0 spiro atoms. The maximum Gasteiger partial charge on any atom is 0.417 e. The van der Waals surface area contributed by atoms with Gasteiger partial charge in [-0.2, -0.15) is 13.2 Å². The highest BCUT2D eigenvalue weighted by Crippen LogP contribution is 2.36. The van der Waals surface area contributed by atoms with Gasteiger partial charge in [-0.15, -0.1) is 0 Å². The van der Waals surface area contributed by atoms with E-state index < -0.39 is 22.5 Å². The van der Waals surface area contributed by atoms with Gasteiger partial charge < -0.3 is 5.73 Å². The fourth-order valence-corrected chi connectivity index (χ4v) is 1.49. The zero-order valence-electron chi connectivity index (χ0n) is 7.03. The summed E-state index contributed by atoms with van der Waals surface area (Å²) in [5, 5.41) is -1.18. The molecule has 1 aromatic rings. The summed E-state index contributed by atoms with van der Waals surface area (Å²) < 4.78 is 37.5. The summed E-state index contributed by atoms with van der Waals surface area (Å²) >= 11 is 7.95. The normalized spacial score (nSPS) is 11.5. The quantitative estimate of drug-likeness (QED) is 0.638. The zero-order valence-corrected chi connectivity index (χ0v) is 9.37. The van der Waals surface area contributed by atoms with Gasteiger partial charge in [-0.25, -0.2) is 0 Å². The van der Waals surface area contributed by atoms with Crippen LogP contribution in [0.25, 0.3) is 0 Å². The lowest BCUT2D eigenvalue weighted by Crippen LogP contribution is -2.12. The molecule has 0 aliphatic carbocycles. The van der Waals surface area contributed by atoms with E-state index in [0.29, 0.717) is 6.07 Å². The number of anilines is 1. The van der Waals surface area contributed by atoms with Crippen LogP contribution in [0.2, 0.25) is 0 Å². The molecule has 0 atom stereocenters. The van der Waals surface area contributed by atoms with E-state index in [2.05, 4.69) is 15.9 Å². The van der Waals surface area contributed by atoms with Crippen molar-refractivity contribution < 1.29 is 18.0 Å². The monoisotopic (exact) mass is 301 g/mol. The molecule has 1 rings (SSSR count). The highest BCUT2D eigenvalue weighted by atomic mass is 79.9. The number of halogens is 5. The van der Waals surface area contributed by atoms with Crippen LogP contribution in [-0.4, -0.2) is 5.24 Å². The molecule has 2 N–H and O–H groups in total. The SMILES string of the molecule is Nc1cc(C(F)(F)F)c(C(=O)Cl)cc1Br. The van der Waals surface area contributed by atoms with Crippen LogP contribution >= 0.6 is 27.5 Å². The van der Waals surface area contributed by atoms with E-state index in [1.165, 1.54) is 0 Å². The summed E-state index contributed by atoms with van der Waals surface area (Å²) in [4.78, 5) is 10.8. The summed E-state index contributed by atoms with van der Waals surface area (Å²) in [5.74, 6) is 0. The molecule has 0 aliphatic rings. The molecule has 15 heavy (non-hydrogen) atoms. The molecule has 0 bridgehead atoms. The van der Waals surface area contributed by atoms with Gasteiger partial charge in [0.15, 0.2) is 0 Å². The smallest absolute Gasteiger partial charge is 0.398 e. The van der Waals surface area contributed by atoms with Crippen LogP contribution in [0.4, 0.5) is 18.9 Å². The Balaban J connectivity index is 3.49. The third kappa shape index (κ3) is 2.63. The number of carbonyl (C=O) groups is 1. The van der Waals surface area contributed by atoms with Crippen molar-refractivity contribution in [1.29, 1.82) is 0 Å². The van der Waals surface area contributed by atoms with Crippen molar-refractivity contribution >= 4 is 38.5 Å². The Morgan fingerprint density at radius 1 is 1.40 bits per heavy atom. The number of nitrogen functional groups attached to an aromatic ring is 1. The van der Waals surface area contributed by atoms with Gasteiger partial charge in [-0.1, -0.05) is 0 Å². The van der Waals surface area contributed by atoms with Gasteiger partial charge in [-0.3, -0.25) is 4.79 Å². The Morgan fingerprint density at radius 3 is 2.33 bits per heavy atom. The van der Waals surface area contributed by atoms with E-state index in [0.717, 1.165) is 6.07 Å². The Bertz CT molecular complexity index is 419. The molecule has 82 valence electrons. The molecule has 0 heterocycles. The third-order valence-electron chi connectivity index (χ3n) is 1.65. The molecule has 0 aliphatic heterocycles. The number of hydrogen-bond acceptors (Lipinski definition) is 2. The van der Waals surface area contributed by atoms with Crippen molar-refractivity contribution in [3.8, 4) is 0 Å². The Hall–Kier alpha value is -0.750. The molecule has 0 saturated heterocycles. The van der Waals surface area contributed by atoms with Crippen LogP contribution in [0.3, 0.4) is 0 Å². The molecule has 0 aromatic heterocycles. The van der Waals surface area contributed by atoms with Gasteiger partial charge in [0, 0.05) is 15.7 Å². The largest absolute Gasteiger partial charge is 0.417 e. The second-order valence-electron chi connectivity index (χ2n) is 2.69. The van der Waals surface area contributed by atoms with Gasteiger partial charge >= 0.3 is 6.18 Å². The molecule has 0 radical (unpaired) electrons. The second kappa shape index (κ2) is 4.02. The van der Waals surface area contributed by atoms with Crippen LogP contribution in [0, 0.1) is 0 Å². The average Bonchev–Trinajstić information content (AvgIpc) is 2.06. The fourth-order valence-electron chi connectivity index (χ4n) is 0.987. The number of hydrogen-bond donors (Lipinski definition) is 1. The number of benzene rings is 1. The lowest BCUT2D eigenvalue weighted by atomic mass is 10.1. The first-order valence-electron chi connectivity index (χ1n) is 3.59. The number of carbonyl (C=O) groups excluding carboxylic acids is 1. The van der Waals surface area contributed by atoms with Gasteiger partial charge in [0.2, 0.25) is 0 Å². The standard InChI is InChI=1S/C8H4BrClF3NO/c9-5-1-3(7(10)15)4(2-6(5)14)8(11,12)13/h1-2H,14H2. The van der Waals surface area contributed by atoms with E-state index in [-0.39, 0.29) is 10.2 Å². The summed E-state index contributed by atoms with van der Waals surface area (Å²) in [6.45, 7) is 0. The first-order chi connectivity index (χ1) is 6.73. The number of nitrogens with two attached hydrogens (primary N) is 1. The van der Waals surface area contributed by atoms with Gasteiger partial charge in [0.05, 0.1) is 5.56 Å². The lowest BCUT2D eigenvalue weighted by Gasteiger charge is -2.11. The van der Waals surface area contributed by atoms with Crippen LogP contribution in [0.5, 0.6) is 0 Å². The minimum atomic E-state index is -4.66. The number of rotatable bonds is 1. The maximum absolute atomic E-state index is 12.4. The first-order valence-corrected chi connectivity index (χ1v) is 4.76. The van der Waals surface area contributed by atoms with Crippen molar-refractivity contribution in [1.82, 2.24) is 0 Å². The van der Waals surface area contributed by atoms with Gasteiger partial charge in [-0.05, 0) is 39.7 Å². The molecular formula is C8H4BrClF3NO. The van der Waals surface area contributed by atoms with E-state index in [1.54, 1.807) is 0 Å². The second-order valence-corrected chi connectivity index (χ2v) is 3.89. The lowest BCUT2D eigenvalue weighted by molar-refractivity contribution is -0.137. The topological polar surface area (TPSA) is 43.1 Å². The van der Waals surface area contributed by atoms with Crippen LogP contribution in [-0.2, 0) is 6.18 Å². The van der Waals surface area contributed by atoms with Gasteiger partial charge in [0.1, 0.15) is 0 Å². The van der Waals surface area contributed by atoms with Gasteiger partial charge in [0.25, 0.3) is 5.24 Å². The summed E-state index contributed by atoms with van der Waals surface area (Å²) in [7, 11) is 0. The van der Waals surface area contributed by atoms with E-state index in [1.807, 2.05) is 0 Å². The predicted molar refractivity (Wildman–Crippen MR) is 53.7 cm³/mol. The molecule has 0 amide bonds. The third-order valence-corrected chi connectivity index (χ3v) is 2.54. The van der Waals surface area contributed by atoms with Crippen molar-refractivity contribution in [2.75, 3.05) is 5.73 Å². The van der Waals surface area contributed by atoms with Crippen molar-refractivity contribution in [2.45, 2.75) is 6.18 Å². The molecule has 0 fully saturated rings. The van der Waals surface area contributed by atoms with Crippen LogP contribution in [0.15, 0.2) is 16.6 Å². The molecule has 0 saturated carbocycles. The molecule has 1 aromatic carbocycles. The molecule has 2 nitrogen and oxygen atoms in total. The minimum Gasteiger partial charge on any atom is -0.398 e.